The van der Waals surface area contributed by atoms with Crippen LogP contribution in [-0.4, -0.2) is 24.7 Å². The van der Waals surface area contributed by atoms with Crippen molar-refractivity contribution in [1.29, 1.82) is 0 Å². The van der Waals surface area contributed by atoms with E-state index in [-0.39, 0.29) is 5.91 Å². The summed E-state index contributed by atoms with van der Waals surface area (Å²) in [7, 11) is 3.36. The van der Waals surface area contributed by atoms with Crippen molar-refractivity contribution in [2.45, 2.75) is 101 Å². The SMILES string of the molecule is CC(C)Cc1ccc(C(C)C(C)C)cc1.COc1ccc2c(c1)c(CC(C)C)c(C)n2C(=O)c1ccc(Cl)cc1.COc1ccc2cc(C(C)C(C)C)ccc2c1. The topological polar surface area (TPSA) is 40.5 Å². The van der Waals surface area contributed by atoms with Crippen LogP contribution >= 0.6 is 11.6 Å². The van der Waals surface area contributed by atoms with Crippen LogP contribution in [0.2, 0.25) is 5.02 Å². The molecule has 4 nitrogen and oxygen atoms in total. The Morgan fingerprint density at radius 2 is 1.11 bits per heavy atom. The van der Waals surface area contributed by atoms with E-state index in [4.69, 9.17) is 21.1 Å². The Kier molecular flexibility index (Phi) is 16.4. The third-order valence-electron chi connectivity index (χ3n) is 11.2. The highest BCUT2D eigenvalue weighted by Gasteiger charge is 2.21. The molecule has 6 rings (SSSR count). The minimum absolute atomic E-state index is 0.0423. The van der Waals surface area contributed by atoms with Crippen LogP contribution in [0.4, 0.5) is 0 Å². The lowest BCUT2D eigenvalue weighted by Gasteiger charge is -2.16. The molecule has 2 unspecified atom stereocenters. The Hall–Kier alpha value is -4.54. The Labute approximate surface area is 348 Å². The van der Waals surface area contributed by atoms with Gasteiger partial charge in [0.1, 0.15) is 11.5 Å². The molecule has 0 amide bonds. The maximum Gasteiger partial charge on any atom is 0.262 e. The van der Waals surface area contributed by atoms with Gasteiger partial charge < -0.3 is 9.47 Å². The molecule has 1 aromatic heterocycles. The quantitative estimate of drug-likeness (QED) is 0.131. The van der Waals surface area contributed by atoms with Crippen molar-refractivity contribution in [2.75, 3.05) is 14.2 Å². The van der Waals surface area contributed by atoms with E-state index in [0.717, 1.165) is 46.4 Å². The van der Waals surface area contributed by atoms with Gasteiger partial charge in [-0.15, -0.1) is 0 Å². The molecule has 5 heteroatoms. The van der Waals surface area contributed by atoms with Crippen LogP contribution < -0.4 is 9.47 Å². The maximum atomic E-state index is 13.1. The Balaban J connectivity index is 0.000000198. The zero-order chi connectivity index (χ0) is 42.0. The third kappa shape index (κ3) is 12.0. The number of rotatable bonds is 11. The highest BCUT2D eigenvalue weighted by molar-refractivity contribution is 6.30. The van der Waals surface area contributed by atoms with E-state index < -0.39 is 0 Å². The Morgan fingerprint density at radius 3 is 1.67 bits per heavy atom. The summed E-state index contributed by atoms with van der Waals surface area (Å²) in [5.74, 6) is 5.58. The van der Waals surface area contributed by atoms with Crippen LogP contribution in [0.5, 0.6) is 11.5 Å². The summed E-state index contributed by atoms with van der Waals surface area (Å²) >= 11 is 5.95. The van der Waals surface area contributed by atoms with Gasteiger partial charge in [0.25, 0.3) is 5.91 Å². The number of benzene rings is 5. The van der Waals surface area contributed by atoms with Gasteiger partial charge in [-0.2, -0.15) is 0 Å². The number of carbonyl (C=O) groups excluding carboxylic acids is 1. The third-order valence-corrected chi connectivity index (χ3v) is 11.4. The second-order valence-corrected chi connectivity index (χ2v) is 17.5. The summed E-state index contributed by atoms with van der Waals surface area (Å²) in [5, 5.41) is 4.23. The molecule has 5 aromatic carbocycles. The van der Waals surface area contributed by atoms with Gasteiger partial charge in [-0.3, -0.25) is 9.36 Å². The molecule has 0 N–H and O–H groups in total. The first kappa shape index (κ1) is 45.2. The zero-order valence-corrected chi connectivity index (χ0v) is 37.5. The zero-order valence-electron chi connectivity index (χ0n) is 36.7. The van der Waals surface area contributed by atoms with Gasteiger partial charge in [0.2, 0.25) is 0 Å². The highest BCUT2D eigenvalue weighted by atomic mass is 35.5. The lowest BCUT2D eigenvalue weighted by Crippen LogP contribution is -2.13. The summed E-state index contributed by atoms with van der Waals surface area (Å²) in [5.41, 5.74) is 8.06. The van der Waals surface area contributed by atoms with E-state index in [1.807, 2.05) is 31.2 Å². The molecule has 0 aliphatic carbocycles. The first-order valence-electron chi connectivity index (χ1n) is 20.7. The smallest absolute Gasteiger partial charge is 0.262 e. The largest absolute Gasteiger partial charge is 0.497 e. The monoisotopic (exact) mass is 787 g/mol. The molecule has 1 heterocycles. The van der Waals surface area contributed by atoms with E-state index in [9.17, 15) is 4.79 Å². The number of aromatic nitrogens is 1. The normalized spacial score (nSPS) is 12.4. The van der Waals surface area contributed by atoms with E-state index >= 15 is 0 Å². The van der Waals surface area contributed by atoms with Gasteiger partial charge >= 0.3 is 0 Å². The molecule has 0 saturated heterocycles. The summed E-state index contributed by atoms with van der Waals surface area (Å²) in [6.07, 6.45) is 2.10. The molecular formula is C52H66ClNO3. The molecule has 0 aliphatic heterocycles. The average Bonchev–Trinajstić information content (AvgIpc) is 3.46. The number of halogens is 1. The molecule has 0 saturated carbocycles. The number of hydrogen-bond donors (Lipinski definition) is 0. The molecule has 0 aliphatic rings. The predicted molar refractivity (Wildman–Crippen MR) is 245 cm³/mol. The van der Waals surface area contributed by atoms with Crippen molar-refractivity contribution < 1.29 is 14.3 Å². The number of nitrogens with zero attached hydrogens (tertiary/aromatic N) is 1. The summed E-state index contributed by atoms with van der Waals surface area (Å²) < 4.78 is 12.4. The van der Waals surface area contributed by atoms with Crippen molar-refractivity contribution in [2.24, 2.45) is 23.7 Å². The van der Waals surface area contributed by atoms with Crippen LogP contribution in [0.3, 0.4) is 0 Å². The number of methoxy groups -OCH3 is 2. The minimum Gasteiger partial charge on any atom is -0.497 e. The van der Waals surface area contributed by atoms with E-state index in [0.29, 0.717) is 34.3 Å². The van der Waals surface area contributed by atoms with Crippen molar-refractivity contribution in [3.8, 4) is 11.5 Å². The maximum absolute atomic E-state index is 13.1. The fourth-order valence-corrected chi connectivity index (χ4v) is 7.22. The van der Waals surface area contributed by atoms with Crippen molar-refractivity contribution >= 4 is 39.2 Å². The van der Waals surface area contributed by atoms with E-state index in [2.05, 4.69) is 124 Å². The molecule has 0 fully saturated rings. The molecule has 2 atom stereocenters. The molecule has 304 valence electrons. The van der Waals surface area contributed by atoms with Crippen LogP contribution in [-0.2, 0) is 12.8 Å². The first-order chi connectivity index (χ1) is 27.0. The highest BCUT2D eigenvalue weighted by Crippen LogP contribution is 2.32. The molecule has 0 bridgehead atoms. The summed E-state index contributed by atoms with van der Waals surface area (Å²) in [4.78, 5) is 13.1. The van der Waals surface area contributed by atoms with Crippen LogP contribution in [0.25, 0.3) is 21.7 Å². The number of ether oxygens (including phenoxy) is 2. The van der Waals surface area contributed by atoms with E-state index in [1.54, 1.807) is 43.1 Å². The van der Waals surface area contributed by atoms with E-state index in [1.165, 1.54) is 39.4 Å². The molecule has 57 heavy (non-hydrogen) atoms. The lowest BCUT2D eigenvalue weighted by atomic mass is 9.89. The molecular weight excluding hydrogens is 722 g/mol. The van der Waals surface area contributed by atoms with Crippen molar-refractivity contribution in [3.05, 3.63) is 142 Å². The minimum atomic E-state index is -0.0423. The lowest BCUT2D eigenvalue weighted by molar-refractivity contribution is 0.0963. The van der Waals surface area contributed by atoms with Gasteiger partial charge in [0, 0.05) is 21.7 Å². The van der Waals surface area contributed by atoms with Gasteiger partial charge in [0.05, 0.1) is 19.7 Å². The number of fused-ring (bicyclic) bond motifs is 2. The number of hydrogen-bond acceptors (Lipinski definition) is 3. The van der Waals surface area contributed by atoms with Gasteiger partial charge in [-0.25, -0.2) is 0 Å². The van der Waals surface area contributed by atoms with Crippen molar-refractivity contribution in [3.63, 3.8) is 0 Å². The van der Waals surface area contributed by atoms with Crippen LogP contribution in [0.1, 0.15) is 119 Å². The van der Waals surface area contributed by atoms with Gasteiger partial charge in [0.15, 0.2) is 0 Å². The van der Waals surface area contributed by atoms with Crippen LogP contribution in [0, 0.1) is 30.6 Å². The predicted octanol–water partition coefficient (Wildman–Crippen LogP) is 14.8. The van der Waals surface area contributed by atoms with Crippen LogP contribution in [0.15, 0.2) is 103 Å². The fraction of sp³-hybridized carbons (Fsp3) is 0.404. The molecule has 0 radical (unpaired) electrons. The summed E-state index contributed by atoms with van der Waals surface area (Å²) in [6.45, 7) is 24.6. The van der Waals surface area contributed by atoms with Gasteiger partial charge in [-0.05, 0) is 143 Å². The fourth-order valence-electron chi connectivity index (χ4n) is 7.09. The average molecular weight is 789 g/mol. The van der Waals surface area contributed by atoms with Crippen molar-refractivity contribution in [1.82, 2.24) is 4.57 Å². The second kappa shape index (κ2) is 20.8. The number of carbonyl (C=O) groups is 1. The Bertz CT molecular complexity index is 2190. The summed E-state index contributed by atoms with van der Waals surface area (Å²) in [6, 6.07) is 35.0. The molecule has 6 aromatic rings. The van der Waals surface area contributed by atoms with Gasteiger partial charge in [-0.1, -0.05) is 129 Å². The second-order valence-electron chi connectivity index (χ2n) is 17.1. The molecule has 0 spiro atoms. The first-order valence-corrected chi connectivity index (χ1v) is 21.1. The Morgan fingerprint density at radius 1 is 0.596 bits per heavy atom. The standard InChI is InChI=1S/C21H22ClNO2.C16H20O.C15H24/c1-13(2)11-18-14(3)23(20-10-9-17(25-4)12-19(18)20)21(24)15-5-7-16(22)8-6-15;1-11(2)12(3)13-5-6-15-10-16(17-4)8-7-14(15)9-13;1-11(2)10-14-6-8-15(9-7-14)13(5)12(3)4/h5-10,12-13H,11H2,1-4H3;5-12H,1-4H3;6-9,11-13H,10H2,1-5H3.